The van der Waals surface area contributed by atoms with Crippen LogP contribution in [0.1, 0.15) is 0 Å². The minimum atomic E-state index is -1.25. The summed E-state index contributed by atoms with van der Waals surface area (Å²) in [6, 6.07) is 0. The number of likely N-dealkylation sites (N-methyl/N-ethyl adjacent to an activating group) is 3. The molecule has 0 bridgehead atoms. The lowest BCUT2D eigenvalue weighted by Crippen LogP contribution is -2.64. The zero-order valence-electron chi connectivity index (χ0n) is 12.7. The molecule has 0 aromatic carbocycles. The van der Waals surface area contributed by atoms with E-state index in [0.29, 0.717) is 6.29 Å². The van der Waals surface area contributed by atoms with Gasteiger partial charge in [0, 0.05) is 26.2 Å². The van der Waals surface area contributed by atoms with E-state index in [4.69, 9.17) is 0 Å². The van der Waals surface area contributed by atoms with Crippen LogP contribution in [0, 0.1) is 0 Å². The molecule has 1 saturated heterocycles. The molecule has 1 rings (SSSR count). The quantitative estimate of drug-likeness (QED) is 0.681. The molecular formula is C12H30N4Si. The van der Waals surface area contributed by atoms with Gasteiger partial charge < -0.3 is 9.47 Å². The Labute approximate surface area is 108 Å². The second-order valence-corrected chi connectivity index (χ2v) is 11.4. The summed E-state index contributed by atoms with van der Waals surface area (Å²) in [6.07, 6.45) is 0.454. The molecule has 102 valence electrons. The second kappa shape index (κ2) is 5.80. The third kappa shape index (κ3) is 4.03. The van der Waals surface area contributed by atoms with Crippen LogP contribution >= 0.6 is 0 Å². The number of hydrogen-bond donors (Lipinski definition) is 0. The van der Waals surface area contributed by atoms with Gasteiger partial charge in [-0.15, -0.1) is 0 Å². The lowest BCUT2D eigenvalue weighted by atomic mass is 10.4. The van der Waals surface area contributed by atoms with E-state index in [2.05, 4.69) is 67.1 Å². The van der Waals surface area contributed by atoms with Crippen molar-refractivity contribution >= 4 is 8.24 Å². The van der Waals surface area contributed by atoms with Gasteiger partial charge in [-0.1, -0.05) is 19.6 Å². The van der Waals surface area contributed by atoms with Crippen LogP contribution in [-0.4, -0.2) is 88.2 Å². The van der Waals surface area contributed by atoms with Crippen molar-refractivity contribution in [1.82, 2.24) is 19.3 Å². The molecule has 5 heteroatoms. The molecule has 0 aromatic heterocycles. The first kappa shape index (κ1) is 15.1. The summed E-state index contributed by atoms with van der Waals surface area (Å²) in [5, 5.41) is 0. The van der Waals surface area contributed by atoms with Crippen LogP contribution in [0.4, 0.5) is 0 Å². The van der Waals surface area contributed by atoms with E-state index in [1.165, 1.54) is 13.1 Å². The maximum absolute atomic E-state index is 2.60. The van der Waals surface area contributed by atoms with Gasteiger partial charge in [0.1, 0.15) is 14.5 Å². The zero-order valence-corrected chi connectivity index (χ0v) is 13.7. The van der Waals surface area contributed by atoms with Crippen molar-refractivity contribution in [2.24, 2.45) is 0 Å². The van der Waals surface area contributed by atoms with Gasteiger partial charge in [0.05, 0.1) is 0 Å². The number of hydrogen-bond acceptors (Lipinski definition) is 4. The van der Waals surface area contributed by atoms with Crippen molar-refractivity contribution in [1.29, 1.82) is 0 Å². The van der Waals surface area contributed by atoms with Gasteiger partial charge in [-0.3, -0.25) is 9.80 Å². The Hall–Kier alpha value is 0.0569. The Morgan fingerprint density at radius 3 is 1.65 bits per heavy atom. The standard InChI is InChI=1S/C12H30N4Si/c1-13-8-10-14(2)12(15(3)11-9-13)16(4)17(5,6)7/h12H,8-11H2,1-7H3. The number of nitrogens with zero attached hydrogens (tertiary/aromatic N) is 4. The molecule has 4 nitrogen and oxygen atoms in total. The molecule has 0 N–H and O–H groups in total. The van der Waals surface area contributed by atoms with Crippen LogP contribution in [0.2, 0.25) is 19.6 Å². The molecule has 0 radical (unpaired) electrons. The summed E-state index contributed by atoms with van der Waals surface area (Å²) in [6.45, 7) is 11.9. The first-order valence-electron chi connectivity index (χ1n) is 6.55. The molecule has 0 aliphatic carbocycles. The van der Waals surface area contributed by atoms with E-state index in [1.807, 2.05) is 0 Å². The van der Waals surface area contributed by atoms with Crippen molar-refractivity contribution in [2.75, 3.05) is 54.4 Å². The largest absolute Gasteiger partial charge is 0.304 e. The van der Waals surface area contributed by atoms with E-state index in [1.54, 1.807) is 0 Å². The van der Waals surface area contributed by atoms with Crippen molar-refractivity contribution in [3.05, 3.63) is 0 Å². The van der Waals surface area contributed by atoms with Crippen molar-refractivity contribution in [3.63, 3.8) is 0 Å². The summed E-state index contributed by atoms with van der Waals surface area (Å²) in [5.74, 6) is 0. The molecule has 0 amide bonds. The fourth-order valence-corrected chi connectivity index (χ4v) is 3.36. The highest BCUT2D eigenvalue weighted by molar-refractivity contribution is 6.73. The third-order valence-electron chi connectivity index (χ3n) is 3.86. The van der Waals surface area contributed by atoms with Crippen molar-refractivity contribution in [2.45, 2.75) is 25.9 Å². The Balaban J connectivity index is 2.79. The van der Waals surface area contributed by atoms with E-state index >= 15 is 0 Å². The van der Waals surface area contributed by atoms with Gasteiger partial charge in [-0.05, 0) is 28.2 Å². The molecule has 0 spiro atoms. The van der Waals surface area contributed by atoms with Crippen LogP contribution in [0.25, 0.3) is 0 Å². The van der Waals surface area contributed by atoms with Gasteiger partial charge in [-0.2, -0.15) is 0 Å². The van der Waals surface area contributed by atoms with E-state index in [9.17, 15) is 0 Å². The second-order valence-electron chi connectivity index (χ2n) is 6.39. The molecule has 1 aliphatic rings. The molecular weight excluding hydrogens is 228 g/mol. The van der Waals surface area contributed by atoms with Gasteiger partial charge in [-0.25, -0.2) is 0 Å². The molecule has 1 aliphatic heterocycles. The first-order valence-corrected chi connectivity index (χ1v) is 10.00. The molecule has 0 aromatic rings. The zero-order chi connectivity index (χ0) is 13.2. The molecule has 0 unspecified atom stereocenters. The SMILES string of the molecule is CN1CCN(C)C(N(C)[Si](C)(C)C)N(C)CC1. The predicted molar refractivity (Wildman–Crippen MR) is 77.7 cm³/mol. The monoisotopic (exact) mass is 258 g/mol. The highest BCUT2D eigenvalue weighted by Gasteiger charge is 2.33. The summed E-state index contributed by atoms with van der Waals surface area (Å²) in [4.78, 5) is 7.37. The fourth-order valence-electron chi connectivity index (χ4n) is 2.27. The van der Waals surface area contributed by atoms with E-state index in [-0.39, 0.29) is 0 Å². The first-order chi connectivity index (χ1) is 7.73. The Kier molecular flexibility index (Phi) is 5.16. The smallest absolute Gasteiger partial charge is 0.122 e. The third-order valence-corrected chi connectivity index (χ3v) is 6.21. The van der Waals surface area contributed by atoms with Gasteiger partial charge in [0.15, 0.2) is 0 Å². The van der Waals surface area contributed by atoms with Crippen LogP contribution < -0.4 is 0 Å². The maximum atomic E-state index is 2.60. The Morgan fingerprint density at radius 1 is 0.882 bits per heavy atom. The molecule has 0 atom stereocenters. The average molecular weight is 258 g/mol. The highest BCUT2D eigenvalue weighted by Crippen LogP contribution is 2.16. The average Bonchev–Trinajstić information content (AvgIpc) is 2.20. The fraction of sp³-hybridized carbons (Fsp3) is 1.00. The molecule has 0 saturated carbocycles. The van der Waals surface area contributed by atoms with Crippen molar-refractivity contribution < 1.29 is 0 Å². The summed E-state index contributed by atoms with van der Waals surface area (Å²) < 4.78 is 2.60. The predicted octanol–water partition coefficient (Wildman–Crippen LogP) is 0.846. The minimum absolute atomic E-state index is 0.454. The van der Waals surface area contributed by atoms with Crippen LogP contribution in [-0.2, 0) is 0 Å². The van der Waals surface area contributed by atoms with Gasteiger partial charge in [0.2, 0.25) is 0 Å². The van der Waals surface area contributed by atoms with E-state index in [0.717, 1.165) is 13.1 Å². The van der Waals surface area contributed by atoms with Crippen LogP contribution in [0.5, 0.6) is 0 Å². The normalized spacial score (nSPS) is 24.0. The molecule has 1 heterocycles. The lowest BCUT2D eigenvalue weighted by molar-refractivity contribution is -0.0175. The van der Waals surface area contributed by atoms with Gasteiger partial charge >= 0.3 is 0 Å². The highest BCUT2D eigenvalue weighted by atomic mass is 28.3. The minimum Gasteiger partial charge on any atom is -0.304 e. The van der Waals surface area contributed by atoms with Gasteiger partial charge in [0.25, 0.3) is 0 Å². The Morgan fingerprint density at radius 2 is 1.29 bits per heavy atom. The summed E-state index contributed by atoms with van der Waals surface area (Å²) in [7, 11) is 7.74. The summed E-state index contributed by atoms with van der Waals surface area (Å²) in [5.41, 5.74) is 0. The van der Waals surface area contributed by atoms with E-state index < -0.39 is 8.24 Å². The summed E-state index contributed by atoms with van der Waals surface area (Å²) >= 11 is 0. The number of rotatable bonds is 2. The molecule has 17 heavy (non-hydrogen) atoms. The van der Waals surface area contributed by atoms with Crippen LogP contribution in [0.3, 0.4) is 0 Å². The van der Waals surface area contributed by atoms with Crippen molar-refractivity contribution in [3.8, 4) is 0 Å². The topological polar surface area (TPSA) is 13.0 Å². The lowest BCUT2D eigenvalue weighted by Gasteiger charge is -2.48. The maximum Gasteiger partial charge on any atom is 0.122 e. The van der Waals surface area contributed by atoms with Crippen LogP contribution in [0.15, 0.2) is 0 Å². The Bertz CT molecular complexity index is 227. The molecule has 1 fully saturated rings.